The van der Waals surface area contributed by atoms with Gasteiger partial charge in [-0.25, -0.2) is 14.2 Å². The van der Waals surface area contributed by atoms with Crippen molar-refractivity contribution in [3.05, 3.63) is 129 Å². The number of rotatable bonds is 15. The number of nitro groups is 1. The van der Waals surface area contributed by atoms with Crippen molar-refractivity contribution in [2.45, 2.75) is 57.0 Å². The van der Waals surface area contributed by atoms with Crippen molar-refractivity contribution in [2.75, 3.05) is 11.9 Å². The summed E-state index contributed by atoms with van der Waals surface area (Å²) in [6, 6.07) is 21.3. The number of para-hydroxylation sites is 1. The van der Waals surface area contributed by atoms with Crippen LogP contribution in [0, 0.1) is 10.1 Å². The van der Waals surface area contributed by atoms with Crippen molar-refractivity contribution in [2.24, 2.45) is 0 Å². The Bertz CT molecular complexity index is 2040. The van der Waals surface area contributed by atoms with Crippen LogP contribution in [0.1, 0.15) is 37.3 Å². The van der Waals surface area contributed by atoms with Crippen LogP contribution in [0.25, 0.3) is 0 Å². The molecule has 6 atom stereocenters. The number of esters is 1. The number of nitrogens with one attached hydrogen (secondary N) is 2. The van der Waals surface area contributed by atoms with Crippen LogP contribution >= 0.6 is 7.75 Å². The highest BCUT2D eigenvalue weighted by Crippen LogP contribution is 2.48. The lowest BCUT2D eigenvalue weighted by Gasteiger charge is -2.24. The molecule has 0 bridgehead atoms. The smallest absolute Gasteiger partial charge is 0.459 e. The third kappa shape index (κ3) is 9.88. The first-order valence-corrected chi connectivity index (χ1v) is 17.7. The molecule has 4 aromatic rings. The van der Waals surface area contributed by atoms with E-state index >= 15 is 8.78 Å². The van der Waals surface area contributed by atoms with Crippen molar-refractivity contribution in [3.8, 4) is 5.75 Å². The number of ether oxygens (including phenoxy) is 3. The van der Waals surface area contributed by atoms with E-state index in [4.69, 9.17) is 23.3 Å². The van der Waals surface area contributed by atoms with Crippen LogP contribution in [-0.2, 0) is 34.7 Å². The van der Waals surface area contributed by atoms with Crippen LogP contribution < -0.4 is 20.6 Å². The minimum absolute atomic E-state index is 0.0327. The Balaban J connectivity index is 1.23. The fourth-order valence-electron chi connectivity index (χ4n) is 5.02. The van der Waals surface area contributed by atoms with Crippen LogP contribution in [0.4, 0.5) is 25.1 Å². The van der Waals surface area contributed by atoms with Crippen LogP contribution in [-0.4, -0.2) is 62.4 Å². The number of hydrogen-bond donors (Lipinski definition) is 3. The number of nitro benzene ring substituents is 1. The summed E-state index contributed by atoms with van der Waals surface area (Å²) < 4.78 is 71.8. The Morgan fingerprint density at radius 3 is 2.33 bits per heavy atom. The molecule has 1 saturated heterocycles. The second-order valence-corrected chi connectivity index (χ2v) is 13.5. The highest BCUT2D eigenvalue weighted by molar-refractivity contribution is 7.52. The van der Waals surface area contributed by atoms with Gasteiger partial charge in [-0.05, 0) is 55.3 Å². The normalized spacial score (nSPS) is 19.8. The van der Waals surface area contributed by atoms with E-state index < -0.39 is 73.5 Å². The molecular formula is C34H34F2N5O12P. The minimum atomic E-state index is -4.57. The molecule has 20 heteroatoms. The SMILES string of the molecule is CC(OC(=O)Nc1ccn([C@@H]2O[C@H](COP(=O)(N[C@@H](C)C(=O)OCc3ccccc3)Oc3ccccc3)C(O)C2(F)F)c(=O)n1)c1ccc([N+](=O)[O-])cc1. The van der Waals surface area contributed by atoms with Gasteiger partial charge in [0, 0.05) is 18.3 Å². The molecule has 3 unspecified atom stereocenters. The topological polar surface area (TPSA) is 220 Å². The molecule has 1 aliphatic rings. The molecule has 0 saturated carbocycles. The van der Waals surface area contributed by atoms with Crippen molar-refractivity contribution >= 4 is 31.3 Å². The summed E-state index contributed by atoms with van der Waals surface area (Å²) >= 11 is 0. The standard InChI is InChI=1S/C34H34F2N5O12P/c1-21(30(43)49-19-23-9-5-3-6-10-23)39-54(48,53-26-11-7-4-8-12-26)50-20-27-29(42)34(35,36)31(52-27)40-18-17-28(37-32(40)44)38-33(45)51-22(2)24-13-15-25(16-14-24)41(46)47/h3-18,21-22,27,29,31,42H,19-20H2,1-2H3,(H,39,48)(H,37,38,44,45)/t21-,22?,27+,29?,31+,54?/m0/s1. The number of carbonyl (C=O) groups is 2. The highest BCUT2D eigenvalue weighted by Gasteiger charge is 2.60. The Labute approximate surface area is 305 Å². The van der Waals surface area contributed by atoms with Crippen LogP contribution in [0.2, 0.25) is 0 Å². The van der Waals surface area contributed by atoms with E-state index in [1.807, 2.05) is 0 Å². The summed E-state index contributed by atoms with van der Waals surface area (Å²) in [5.74, 6) is -5.29. The lowest BCUT2D eigenvalue weighted by atomic mass is 10.1. The maximum Gasteiger partial charge on any atom is 0.459 e. The Hall–Kier alpha value is -5.59. The zero-order valence-electron chi connectivity index (χ0n) is 28.5. The van der Waals surface area contributed by atoms with E-state index in [0.717, 1.165) is 12.3 Å². The van der Waals surface area contributed by atoms with Gasteiger partial charge in [-0.3, -0.25) is 29.3 Å². The number of non-ortho nitro benzene ring substituents is 1. The number of benzene rings is 3. The molecule has 54 heavy (non-hydrogen) atoms. The van der Waals surface area contributed by atoms with Gasteiger partial charge in [0.1, 0.15) is 36.4 Å². The molecule has 1 amide bonds. The van der Waals surface area contributed by atoms with E-state index in [9.17, 15) is 34.2 Å². The van der Waals surface area contributed by atoms with Gasteiger partial charge in [0.25, 0.3) is 5.69 Å². The lowest BCUT2D eigenvalue weighted by Crippen LogP contribution is -2.42. The van der Waals surface area contributed by atoms with Gasteiger partial charge in [0.15, 0.2) is 6.10 Å². The predicted octanol–water partition coefficient (Wildman–Crippen LogP) is 5.28. The number of aromatic nitrogens is 2. The summed E-state index contributed by atoms with van der Waals surface area (Å²) in [7, 11) is -4.57. The maximum absolute atomic E-state index is 15.4. The van der Waals surface area contributed by atoms with Gasteiger partial charge in [0.2, 0.25) is 6.23 Å². The second kappa shape index (κ2) is 17.0. The van der Waals surface area contributed by atoms with Crippen LogP contribution in [0.3, 0.4) is 0 Å². The molecule has 3 aromatic carbocycles. The van der Waals surface area contributed by atoms with E-state index in [1.165, 1.54) is 50.2 Å². The van der Waals surface area contributed by atoms with E-state index in [0.29, 0.717) is 15.7 Å². The number of aliphatic hydroxyl groups is 1. The van der Waals surface area contributed by atoms with E-state index in [-0.39, 0.29) is 23.9 Å². The van der Waals surface area contributed by atoms with Crippen molar-refractivity contribution in [3.63, 3.8) is 0 Å². The summed E-state index contributed by atoms with van der Waals surface area (Å²) in [5, 5.41) is 26.0. The van der Waals surface area contributed by atoms with Gasteiger partial charge in [-0.15, -0.1) is 0 Å². The Morgan fingerprint density at radius 1 is 1.06 bits per heavy atom. The summed E-state index contributed by atoms with van der Waals surface area (Å²) in [5.41, 5.74) is -0.361. The molecule has 17 nitrogen and oxygen atoms in total. The molecule has 3 N–H and O–H groups in total. The van der Waals surface area contributed by atoms with Gasteiger partial charge in [-0.2, -0.15) is 18.9 Å². The Kier molecular flexibility index (Phi) is 12.5. The van der Waals surface area contributed by atoms with E-state index in [1.54, 1.807) is 48.5 Å². The molecule has 0 spiro atoms. The zero-order valence-corrected chi connectivity index (χ0v) is 29.4. The molecule has 1 aromatic heterocycles. The molecule has 286 valence electrons. The largest absolute Gasteiger partial charge is 0.460 e. The summed E-state index contributed by atoms with van der Waals surface area (Å²) in [6.07, 6.45) is -7.99. The Morgan fingerprint density at radius 2 is 1.70 bits per heavy atom. The maximum atomic E-state index is 15.4. The summed E-state index contributed by atoms with van der Waals surface area (Å²) in [6.45, 7) is 1.76. The number of amides is 1. The van der Waals surface area contributed by atoms with Crippen LogP contribution in [0.15, 0.2) is 102 Å². The fourth-order valence-corrected chi connectivity index (χ4v) is 6.52. The molecule has 1 fully saturated rings. The zero-order chi connectivity index (χ0) is 39.0. The number of alkyl halides is 2. The number of carbonyl (C=O) groups excluding carboxylic acids is 2. The minimum Gasteiger partial charge on any atom is -0.460 e. The van der Waals surface area contributed by atoms with Crippen molar-refractivity contribution in [1.29, 1.82) is 0 Å². The number of nitrogens with zero attached hydrogens (tertiary/aromatic N) is 3. The number of anilines is 1. The fraction of sp³-hybridized carbons (Fsp3) is 0.294. The second-order valence-electron chi connectivity index (χ2n) is 11.8. The first kappa shape index (κ1) is 39.6. The molecule has 0 radical (unpaired) electrons. The van der Waals surface area contributed by atoms with Gasteiger partial charge < -0.3 is 23.8 Å². The first-order valence-electron chi connectivity index (χ1n) is 16.2. The molecule has 2 heterocycles. The molecular weight excluding hydrogens is 739 g/mol. The first-order chi connectivity index (χ1) is 25.6. The van der Waals surface area contributed by atoms with Crippen molar-refractivity contribution in [1.82, 2.24) is 14.6 Å². The monoisotopic (exact) mass is 773 g/mol. The number of aliphatic hydroxyl groups excluding tert-OH is 1. The molecule has 1 aliphatic heterocycles. The molecule has 5 rings (SSSR count). The third-order valence-electron chi connectivity index (χ3n) is 7.86. The van der Waals surface area contributed by atoms with E-state index in [2.05, 4.69) is 15.4 Å². The number of hydrogen-bond acceptors (Lipinski definition) is 13. The number of halogens is 2. The van der Waals surface area contributed by atoms with Gasteiger partial charge in [-0.1, -0.05) is 48.5 Å². The average Bonchev–Trinajstić information content (AvgIpc) is 3.37. The molecule has 0 aliphatic carbocycles. The quantitative estimate of drug-likeness (QED) is 0.0606. The summed E-state index contributed by atoms with van der Waals surface area (Å²) in [4.78, 5) is 51.9. The van der Waals surface area contributed by atoms with Gasteiger partial charge in [0.05, 0.1) is 11.5 Å². The third-order valence-corrected chi connectivity index (χ3v) is 9.50. The average molecular weight is 774 g/mol. The van der Waals surface area contributed by atoms with Crippen LogP contribution in [0.5, 0.6) is 5.75 Å². The lowest BCUT2D eigenvalue weighted by molar-refractivity contribution is -0.384. The highest BCUT2D eigenvalue weighted by atomic mass is 31.2. The van der Waals surface area contributed by atoms with Crippen molar-refractivity contribution < 1.29 is 56.2 Å². The van der Waals surface area contributed by atoms with Gasteiger partial charge >= 0.3 is 31.4 Å². The predicted molar refractivity (Wildman–Crippen MR) is 184 cm³/mol.